The third-order valence-electron chi connectivity index (χ3n) is 5.21. The zero-order valence-electron chi connectivity index (χ0n) is 16.9. The molecule has 3 aromatic heterocycles. The fourth-order valence-electron chi connectivity index (χ4n) is 3.60. The van der Waals surface area contributed by atoms with Crippen molar-refractivity contribution in [3.05, 3.63) is 102 Å². The number of benzene rings is 1. The van der Waals surface area contributed by atoms with Gasteiger partial charge in [-0.25, -0.2) is 4.98 Å². The summed E-state index contributed by atoms with van der Waals surface area (Å²) in [5.41, 5.74) is 3.88. The number of carbonyl (C=O) groups is 2. The number of fused-ring (bicyclic) bond motifs is 1. The molecule has 0 unspecified atom stereocenters. The first kappa shape index (κ1) is 19.6. The molecule has 0 saturated carbocycles. The molecule has 1 aliphatic carbocycles. The van der Waals surface area contributed by atoms with E-state index in [0.29, 0.717) is 23.4 Å². The van der Waals surface area contributed by atoms with Crippen molar-refractivity contribution >= 4 is 28.2 Å². The van der Waals surface area contributed by atoms with Crippen LogP contribution in [0.1, 0.15) is 28.0 Å². The van der Waals surface area contributed by atoms with Gasteiger partial charge in [0.05, 0.1) is 24.0 Å². The van der Waals surface area contributed by atoms with Gasteiger partial charge in [-0.1, -0.05) is 30.3 Å². The number of hydrogen-bond acceptors (Lipinski definition) is 4. The Morgan fingerprint density at radius 2 is 2.06 bits per heavy atom. The van der Waals surface area contributed by atoms with Crippen LogP contribution in [0.2, 0.25) is 0 Å². The normalized spacial score (nSPS) is 13.7. The van der Waals surface area contributed by atoms with E-state index in [2.05, 4.69) is 20.4 Å². The second kappa shape index (κ2) is 8.07. The van der Waals surface area contributed by atoms with Crippen LogP contribution >= 0.6 is 0 Å². The van der Waals surface area contributed by atoms with Crippen molar-refractivity contribution in [2.24, 2.45) is 0 Å². The predicted molar refractivity (Wildman–Crippen MR) is 117 cm³/mol. The number of rotatable bonds is 5. The van der Waals surface area contributed by atoms with Gasteiger partial charge in [0.25, 0.3) is 5.91 Å². The molecule has 1 amide bonds. The van der Waals surface area contributed by atoms with E-state index >= 15 is 0 Å². The number of carbonyl (C=O) groups excluding carboxylic acids is 2. The highest BCUT2D eigenvalue weighted by Gasteiger charge is 2.19. The van der Waals surface area contributed by atoms with E-state index in [1.807, 2.05) is 30.3 Å². The van der Waals surface area contributed by atoms with E-state index < -0.39 is 5.95 Å². The van der Waals surface area contributed by atoms with Gasteiger partial charge in [0, 0.05) is 41.0 Å². The SMILES string of the molecule is O=C1CC=C(NC(=O)c2cnn(Cc3ccc(F)nc3)c2)C=C1c1cc2ccccc2[nH]1. The number of aromatic amines is 1. The number of hydrogen-bond donors (Lipinski definition) is 2. The highest BCUT2D eigenvalue weighted by Crippen LogP contribution is 2.26. The summed E-state index contributed by atoms with van der Waals surface area (Å²) in [6, 6.07) is 12.6. The highest BCUT2D eigenvalue weighted by molar-refractivity contribution is 6.23. The van der Waals surface area contributed by atoms with Crippen LogP contribution < -0.4 is 5.32 Å². The molecule has 8 heteroatoms. The molecule has 1 aliphatic rings. The summed E-state index contributed by atoms with van der Waals surface area (Å²) in [5, 5.41) is 8.04. The maximum absolute atomic E-state index is 13.0. The second-order valence-electron chi connectivity index (χ2n) is 7.48. The summed E-state index contributed by atoms with van der Waals surface area (Å²) >= 11 is 0. The van der Waals surface area contributed by atoms with Crippen LogP contribution in [-0.4, -0.2) is 31.4 Å². The van der Waals surface area contributed by atoms with Crippen molar-refractivity contribution in [2.75, 3.05) is 0 Å². The minimum absolute atomic E-state index is 0.0183. The minimum Gasteiger partial charge on any atom is -0.354 e. The third-order valence-corrected chi connectivity index (χ3v) is 5.21. The van der Waals surface area contributed by atoms with Gasteiger partial charge in [0.15, 0.2) is 5.78 Å². The molecule has 0 saturated heterocycles. The summed E-state index contributed by atoms with van der Waals surface area (Å²) in [6.45, 7) is 0.363. The Balaban J connectivity index is 1.31. The Labute approximate surface area is 182 Å². The lowest BCUT2D eigenvalue weighted by atomic mass is 9.98. The molecule has 5 rings (SSSR count). The number of nitrogens with zero attached hydrogens (tertiary/aromatic N) is 3. The Morgan fingerprint density at radius 1 is 1.19 bits per heavy atom. The Hall–Kier alpha value is -4.33. The quantitative estimate of drug-likeness (QED) is 0.476. The summed E-state index contributed by atoms with van der Waals surface area (Å²) in [4.78, 5) is 32.1. The van der Waals surface area contributed by atoms with E-state index in [1.54, 1.807) is 29.1 Å². The standard InChI is InChI=1S/C24H18FN5O2/c25-23-8-5-15(11-26-23)13-30-14-17(12-27-30)24(32)28-18-6-7-22(31)19(10-18)21-9-16-3-1-2-4-20(16)29-21/h1-6,8-12,14,29H,7,13H2,(H,28,32). The van der Waals surface area contributed by atoms with Crippen LogP contribution in [0, 0.1) is 5.95 Å². The number of H-pyrrole nitrogens is 1. The van der Waals surface area contributed by atoms with E-state index in [9.17, 15) is 14.0 Å². The minimum atomic E-state index is -0.548. The molecule has 0 aliphatic heterocycles. The van der Waals surface area contributed by atoms with Gasteiger partial charge in [0.2, 0.25) is 5.95 Å². The third kappa shape index (κ3) is 3.98. The number of amides is 1. The Morgan fingerprint density at radius 3 is 2.88 bits per heavy atom. The number of aromatic nitrogens is 4. The second-order valence-corrected chi connectivity index (χ2v) is 7.48. The number of pyridine rings is 1. The molecular formula is C24H18FN5O2. The smallest absolute Gasteiger partial charge is 0.258 e. The first-order valence-electron chi connectivity index (χ1n) is 10.0. The molecule has 4 aromatic rings. The van der Waals surface area contributed by atoms with Gasteiger partial charge in [-0.05, 0) is 29.8 Å². The summed E-state index contributed by atoms with van der Waals surface area (Å²) in [5.74, 6) is -0.898. The lowest BCUT2D eigenvalue weighted by molar-refractivity contribution is -0.113. The van der Waals surface area contributed by atoms with Crippen molar-refractivity contribution in [3.8, 4) is 0 Å². The molecule has 3 heterocycles. The van der Waals surface area contributed by atoms with E-state index in [-0.39, 0.29) is 18.1 Å². The number of para-hydroxylation sites is 1. The van der Waals surface area contributed by atoms with Crippen molar-refractivity contribution in [1.29, 1.82) is 0 Å². The van der Waals surface area contributed by atoms with Crippen LogP contribution in [0.3, 0.4) is 0 Å². The molecule has 0 atom stereocenters. The van der Waals surface area contributed by atoms with E-state index in [4.69, 9.17) is 0 Å². The fraction of sp³-hybridized carbons (Fsp3) is 0.0833. The predicted octanol–water partition coefficient (Wildman–Crippen LogP) is 3.62. The van der Waals surface area contributed by atoms with Gasteiger partial charge in [0.1, 0.15) is 0 Å². The fourth-order valence-corrected chi connectivity index (χ4v) is 3.60. The van der Waals surface area contributed by atoms with Crippen LogP contribution in [0.5, 0.6) is 0 Å². The largest absolute Gasteiger partial charge is 0.354 e. The number of halogens is 1. The molecule has 0 fully saturated rings. The molecule has 0 bridgehead atoms. The van der Waals surface area contributed by atoms with Crippen molar-refractivity contribution < 1.29 is 14.0 Å². The lowest BCUT2D eigenvalue weighted by Gasteiger charge is -2.13. The zero-order valence-corrected chi connectivity index (χ0v) is 16.9. The van der Waals surface area contributed by atoms with Gasteiger partial charge in [-0.15, -0.1) is 0 Å². The first-order chi connectivity index (χ1) is 15.5. The van der Waals surface area contributed by atoms with Gasteiger partial charge in [-0.3, -0.25) is 14.3 Å². The zero-order chi connectivity index (χ0) is 22.1. The van der Waals surface area contributed by atoms with Crippen molar-refractivity contribution in [2.45, 2.75) is 13.0 Å². The number of Topliss-reactive ketones (excluding diaryl/α,β-unsaturated/α-hetero) is 1. The first-order valence-corrected chi connectivity index (χ1v) is 10.0. The Bertz CT molecular complexity index is 1360. The average Bonchev–Trinajstić information content (AvgIpc) is 3.44. The molecule has 0 spiro atoms. The number of nitrogens with one attached hydrogen (secondary N) is 2. The molecular weight excluding hydrogens is 409 g/mol. The molecule has 0 radical (unpaired) electrons. The van der Waals surface area contributed by atoms with Crippen molar-refractivity contribution in [3.63, 3.8) is 0 Å². The van der Waals surface area contributed by atoms with Crippen molar-refractivity contribution in [1.82, 2.24) is 25.1 Å². The van der Waals surface area contributed by atoms with E-state index in [0.717, 1.165) is 22.2 Å². The lowest BCUT2D eigenvalue weighted by Crippen LogP contribution is -2.23. The summed E-state index contributed by atoms with van der Waals surface area (Å²) < 4.78 is 14.5. The molecule has 158 valence electrons. The Kier molecular flexibility index (Phi) is 4.95. The summed E-state index contributed by atoms with van der Waals surface area (Å²) in [6.07, 6.45) is 8.08. The van der Waals surface area contributed by atoms with Crippen LogP contribution in [0.4, 0.5) is 4.39 Å². The maximum Gasteiger partial charge on any atom is 0.258 e. The average molecular weight is 427 g/mol. The van der Waals surface area contributed by atoms with Gasteiger partial charge < -0.3 is 10.3 Å². The summed E-state index contributed by atoms with van der Waals surface area (Å²) in [7, 11) is 0. The van der Waals surface area contributed by atoms with Crippen LogP contribution in [0.15, 0.2) is 78.9 Å². The molecule has 2 N–H and O–H groups in total. The molecule has 7 nitrogen and oxygen atoms in total. The topological polar surface area (TPSA) is 92.7 Å². The molecule has 32 heavy (non-hydrogen) atoms. The number of allylic oxidation sites excluding steroid dienone is 3. The molecule has 1 aromatic carbocycles. The van der Waals surface area contributed by atoms with Crippen LogP contribution in [-0.2, 0) is 11.3 Å². The van der Waals surface area contributed by atoms with E-state index in [1.165, 1.54) is 18.5 Å². The maximum atomic E-state index is 13.0. The number of ketones is 1. The highest BCUT2D eigenvalue weighted by atomic mass is 19.1. The monoisotopic (exact) mass is 427 g/mol. The van der Waals surface area contributed by atoms with Crippen LogP contribution in [0.25, 0.3) is 16.5 Å². The van der Waals surface area contributed by atoms with Gasteiger partial charge in [-0.2, -0.15) is 9.49 Å². The van der Waals surface area contributed by atoms with Gasteiger partial charge >= 0.3 is 0 Å².